The molecule has 0 fully saturated rings. The Balaban J connectivity index is 1.89. The van der Waals surface area contributed by atoms with Gasteiger partial charge in [0, 0.05) is 5.56 Å². The number of aromatic nitrogens is 5. The van der Waals surface area contributed by atoms with Crippen molar-refractivity contribution in [2.24, 2.45) is 5.10 Å². The highest BCUT2D eigenvalue weighted by molar-refractivity contribution is 7.98. The van der Waals surface area contributed by atoms with Gasteiger partial charge in [-0.1, -0.05) is 11.8 Å². The maximum atomic E-state index is 13.1. The summed E-state index contributed by atoms with van der Waals surface area (Å²) in [6.45, 7) is 0.212. The molecule has 3 rings (SSSR count). The van der Waals surface area contributed by atoms with Gasteiger partial charge in [-0.25, -0.2) is 8.78 Å². The van der Waals surface area contributed by atoms with Crippen molar-refractivity contribution in [2.75, 3.05) is 13.4 Å². The van der Waals surface area contributed by atoms with Gasteiger partial charge in [0.25, 0.3) is 6.43 Å². The van der Waals surface area contributed by atoms with Crippen molar-refractivity contribution >= 4 is 23.8 Å². The van der Waals surface area contributed by atoms with E-state index in [0.717, 1.165) is 16.4 Å². The summed E-state index contributed by atoms with van der Waals surface area (Å²) in [5, 5.41) is 26.1. The number of methoxy groups -OCH3 is 1. The summed E-state index contributed by atoms with van der Waals surface area (Å²) >= 11 is 1.14. The zero-order valence-electron chi connectivity index (χ0n) is 15.3. The molecule has 0 aliphatic rings. The van der Waals surface area contributed by atoms with Gasteiger partial charge in [0.05, 0.1) is 37.2 Å². The van der Waals surface area contributed by atoms with Crippen molar-refractivity contribution in [2.45, 2.75) is 18.1 Å². The molecule has 0 spiro atoms. The molecule has 0 amide bonds. The minimum Gasteiger partial charge on any atom is -0.496 e. The van der Waals surface area contributed by atoms with Gasteiger partial charge in [-0.15, -0.1) is 10.2 Å². The molecule has 0 aliphatic heterocycles. The number of alkyl halides is 2. The zero-order valence-corrected chi connectivity index (χ0v) is 16.1. The van der Waals surface area contributed by atoms with Crippen molar-refractivity contribution in [1.29, 1.82) is 0 Å². The molecular formula is C16H15F2N7O3S. The Bertz CT molecular complexity index is 1050. The second-order valence-corrected chi connectivity index (χ2v) is 6.38. The fraction of sp³-hybridized carbons (Fsp3) is 0.250. The Morgan fingerprint density at radius 3 is 2.79 bits per heavy atom. The van der Waals surface area contributed by atoms with Crippen LogP contribution in [-0.2, 0) is 6.54 Å². The Kier molecular flexibility index (Phi) is 6.16. The first kappa shape index (κ1) is 20.4. The van der Waals surface area contributed by atoms with Crippen LogP contribution in [0.4, 0.5) is 14.6 Å². The van der Waals surface area contributed by atoms with Crippen LogP contribution in [0, 0.1) is 10.1 Å². The van der Waals surface area contributed by atoms with Crippen molar-refractivity contribution in [3.63, 3.8) is 0 Å². The standard InChI is InChI=1S/C16H15F2N7O3S/c1-28-12-4-3-10(7-11(12)9-23-6-5-13(22-23)25(26)27)8-19-24-15(14(17)18)20-21-16(24)29-2/h3-8,14H,9H2,1-2H3/b19-8+. The zero-order chi connectivity index (χ0) is 21.0. The lowest BCUT2D eigenvalue weighted by Crippen LogP contribution is -2.04. The fourth-order valence-electron chi connectivity index (χ4n) is 2.49. The summed E-state index contributed by atoms with van der Waals surface area (Å²) in [6, 6.07) is 6.40. The third kappa shape index (κ3) is 4.56. The first-order valence-electron chi connectivity index (χ1n) is 8.09. The molecule has 3 aromatic rings. The maximum absolute atomic E-state index is 13.1. The molecule has 0 saturated heterocycles. The monoisotopic (exact) mass is 423 g/mol. The molecule has 2 aromatic heterocycles. The van der Waals surface area contributed by atoms with E-state index in [2.05, 4.69) is 20.4 Å². The number of nitrogens with zero attached hydrogens (tertiary/aromatic N) is 7. The Morgan fingerprint density at radius 2 is 2.17 bits per heavy atom. The smallest absolute Gasteiger partial charge is 0.389 e. The molecule has 0 unspecified atom stereocenters. The average molecular weight is 423 g/mol. The van der Waals surface area contributed by atoms with Gasteiger partial charge in [0.15, 0.2) is 0 Å². The van der Waals surface area contributed by atoms with Gasteiger partial charge >= 0.3 is 5.82 Å². The Labute approximate surface area is 167 Å². The fourth-order valence-corrected chi connectivity index (χ4v) is 2.92. The van der Waals surface area contributed by atoms with E-state index in [1.165, 1.54) is 30.3 Å². The lowest BCUT2D eigenvalue weighted by molar-refractivity contribution is -0.389. The molecular weight excluding hydrogens is 408 g/mol. The first-order chi connectivity index (χ1) is 13.9. The number of benzene rings is 1. The third-order valence-corrected chi connectivity index (χ3v) is 4.41. The molecule has 0 radical (unpaired) electrons. The number of thioether (sulfide) groups is 1. The van der Waals surface area contributed by atoms with E-state index in [9.17, 15) is 18.9 Å². The van der Waals surface area contributed by atoms with Crippen LogP contribution in [0.3, 0.4) is 0 Å². The molecule has 0 saturated carbocycles. The van der Waals surface area contributed by atoms with Crippen LogP contribution in [0.1, 0.15) is 23.4 Å². The summed E-state index contributed by atoms with van der Waals surface area (Å²) in [5.74, 6) is -0.274. The second-order valence-electron chi connectivity index (χ2n) is 5.60. The largest absolute Gasteiger partial charge is 0.496 e. The van der Waals surface area contributed by atoms with Gasteiger partial charge in [0.2, 0.25) is 11.0 Å². The van der Waals surface area contributed by atoms with E-state index in [-0.39, 0.29) is 17.5 Å². The molecule has 0 bridgehead atoms. The number of ether oxygens (including phenoxy) is 1. The number of hydrogen-bond acceptors (Lipinski definition) is 8. The number of hydrogen-bond donors (Lipinski definition) is 0. The van der Waals surface area contributed by atoms with E-state index in [4.69, 9.17) is 4.74 Å². The minimum atomic E-state index is -2.82. The third-order valence-electron chi connectivity index (χ3n) is 3.79. The van der Waals surface area contributed by atoms with E-state index in [1.54, 1.807) is 24.5 Å². The van der Waals surface area contributed by atoms with Crippen LogP contribution in [0.25, 0.3) is 0 Å². The highest BCUT2D eigenvalue weighted by Crippen LogP contribution is 2.23. The highest BCUT2D eigenvalue weighted by atomic mass is 32.2. The Morgan fingerprint density at radius 1 is 1.38 bits per heavy atom. The van der Waals surface area contributed by atoms with Crippen LogP contribution >= 0.6 is 11.8 Å². The number of halogens is 2. The average Bonchev–Trinajstić information content (AvgIpc) is 3.33. The SMILES string of the molecule is COc1ccc(/C=N/n2c(SC)nnc2C(F)F)cc1Cn1ccc([N+](=O)[O-])n1. The quantitative estimate of drug-likeness (QED) is 0.237. The summed E-state index contributed by atoms with van der Waals surface area (Å²) in [4.78, 5) is 10.2. The molecule has 10 nitrogen and oxygen atoms in total. The highest BCUT2D eigenvalue weighted by Gasteiger charge is 2.19. The van der Waals surface area contributed by atoms with Crippen LogP contribution in [-0.4, -0.2) is 49.2 Å². The van der Waals surface area contributed by atoms with Gasteiger partial charge < -0.3 is 14.9 Å². The van der Waals surface area contributed by atoms with Crippen LogP contribution in [0.2, 0.25) is 0 Å². The topological polar surface area (TPSA) is 113 Å². The summed E-state index contributed by atoms with van der Waals surface area (Å²) in [6.07, 6.45) is 1.74. The predicted octanol–water partition coefficient (Wildman–Crippen LogP) is 2.98. The molecule has 0 aliphatic carbocycles. The molecule has 1 aromatic carbocycles. The van der Waals surface area contributed by atoms with E-state index in [1.807, 2.05) is 0 Å². The summed E-state index contributed by atoms with van der Waals surface area (Å²) in [7, 11) is 1.49. The van der Waals surface area contributed by atoms with Gasteiger partial charge in [-0.05, 0) is 34.9 Å². The lowest BCUT2D eigenvalue weighted by atomic mass is 10.1. The summed E-state index contributed by atoms with van der Waals surface area (Å²) < 4.78 is 33.9. The molecule has 152 valence electrons. The summed E-state index contributed by atoms with van der Waals surface area (Å²) in [5.41, 5.74) is 1.28. The molecule has 2 heterocycles. The number of rotatable bonds is 8. The molecule has 13 heteroatoms. The van der Waals surface area contributed by atoms with Gasteiger partial charge in [0.1, 0.15) is 5.75 Å². The van der Waals surface area contributed by atoms with E-state index in [0.29, 0.717) is 16.9 Å². The normalized spacial score (nSPS) is 11.5. The van der Waals surface area contributed by atoms with Crippen molar-refractivity contribution < 1.29 is 18.4 Å². The van der Waals surface area contributed by atoms with E-state index >= 15 is 0 Å². The van der Waals surface area contributed by atoms with Gasteiger partial charge in [-0.2, -0.15) is 14.5 Å². The Hall–Kier alpha value is -3.35. The minimum absolute atomic E-state index is 0.212. The molecule has 0 atom stereocenters. The lowest BCUT2D eigenvalue weighted by Gasteiger charge is -2.08. The van der Waals surface area contributed by atoms with Gasteiger partial charge in [-0.3, -0.25) is 0 Å². The predicted molar refractivity (Wildman–Crippen MR) is 101 cm³/mol. The maximum Gasteiger partial charge on any atom is 0.389 e. The van der Waals surface area contributed by atoms with Crippen molar-refractivity contribution in [3.05, 3.63) is 57.5 Å². The van der Waals surface area contributed by atoms with Crippen molar-refractivity contribution in [1.82, 2.24) is 24.7 Å². The van der Waals surface area contributed by atoms with Crippen molar-refractivity contribution in [3.8, 4) is 5.75 Å². The van der Waals surface area contributed by atoms with Crippen LogP contribution < -0.4 is 4.74 Å². The van der Waals surface area contributed by atoms with E-state index < -0.39 is 17.2 Å². The molecule has 29 heavy (non-hydrogen) atoms. The first-order valence-corrected chi connectivity index (χ1v) is 9.32. The second kappa shape index (κ2) is 8.77. The molecule has 0 N–H and O–H groups in total. The van der Waals surface area contributed by atoms with Crippen LogP contribution in [0.15, 0.2) is 40.7 Å². The number of nitro groups is 1. The van der Waals surface area contributed by atoms with Crippen LogP contribution in [0.5, 0.6) is 5.75 Å².